The number of para-hydroxylation sites is 1. The molecule has 1 atom stereocenters. The maximum atomic E-state index is 12.2. The van der Waals surface area contributed by atoms with Crippen LogP contribution in [0.25, 0.3) is 0 Å². The molecule has 1 aromatic carbocycles. The monoisotopic (exact) mass is 328 g/mol. The normalized spacial score (nSPS) is 34.6. The van der Waals surface area contributed by atoms with Crippen LogP contribution < -0.4 is 15.4 Å². The Kier molecular flexibility index (Phi) is 4.15. The van der Waals surface area contributed by atoms with Crippen molar-refractivity contribution < 1.29 is 9.53 Å². The molecule has 4 heteroatoms. The first-order valence-corrected chi connectivity index (χ1v) is 9.35. The maximum Gasteiger partial charge on any atom is 0.317 e. The van der Waals surface area contributed by atoms with Crippen molar-refractivity contribution >= 4 is 6.03 Å². The van der Waals surface area contributed by atoms with Gasteiger partial charge in [-0.15, -0.1) is 0 Å². The first-order valence-electron chi connectivity index (χ1n) is 9.35. The van der Waals surface area contributed by atoms with E-state index in [0.29, 0.717) is 5.41 Å². The summed E-state index contributed by atoms with van der Waals surface area (Å²) < 4.78 is 5.54. The zero-order valence-corrected chi connectivity index (χ0v) is 14.5. The minimum Gasteiger partial charge on any atom is -0.473 e. The van der Waals surface area contributed by atoms with E-state index in [-0.39, 0.29) is 18.8 Å². The molecule has 1 unspecified atom stereocenters. The van der Waals surface area contributed by atoms with E-state index in [1.54, 1.807) is 0 Å². The summed E-state index contributed by atoms with van der Waals surface area (Å²) in [6, 6.07) is 9.68. The first-order chi connectivity index (χ1) is 11.6. The highest BCUT2D eigenvalue weighted by Gasteiger charge is 2.53. The van der Waals surface area contributed by atoms with Crippen LogP contribution in [0.1, 0.15) is 45.4 Å². The summed E-state index contributed by atoms with van der Waals surface area (Å²) in [5.74, 6) is 3.49. The molecule has 0 spiro atoms. The van der Waals surface area contributed by atoms with Gasteiger partial charge >= 0.3 is 6.03 Å². The van der Waals surface area contributed by atoms with Gasteiger partial charge in [-0.2, -0.15) is 0 Å². The predicted molar refractivity (Wildman–Crippen MR) is 93.7 cm³/mol. The molecule has 2 N–H and O–H groups in total. The van der Waals surface area contributed by atoms with Crippen molar-refractivity contribution in [2.45, 2.75) is 51.5 Å². The molecule has 0 radical (unpaired) electrons. The number of urea groups is 1. The summed E-state index contributed by atoms with van der Waals surface area (Å²) in [4.78, 5) is 12.2. The highest BCUT2D eigenvalue weighted by Crippen LogP contribution is 2.61. The quantitative estimate of drug-likeness (QED) is 0.805. The second-order valence-corrected chi connectivity index (χ2v) is 8.25. The third kappa shape index (κ3) is 3.11. The Morgan fingerprint density at radius 1 is 1.12 bits per heavy atom. The Balaban J connectivity index is 1.28. The Bertz CT molecular complexity index is 551. The lowest BCUT2D eigenvalue weighted by molar-refractivity contribution is -0.0682. The van der Waals surface area contributed by atoms with Gasteiger partial charge in [0.2, 0.25) is 0 Å². The van der Waals surface area contributed by atoms with Crippen molar-refractivity contribution in [1.82, 2.24) is 10.6 Å². The number of carbonyl (C=O) groups is 1. The van der Waals surface area contributed by atoms with Crippen LogP contribution in [0.3, 0.4) is 0 Å². The lowest BCUT2D eigenvalue weighted by Gasteiger charge is -2.59. The number of rotatable bonds is 5. The van der Waals surface area contributed by atoms with Crippen LogP contribution in [-0.2, 0) is 0 Å². The van der Waals surface area contributed by atoms with Gasteiger partial charge in [0.25, 0.3) is 0 Å². The highest BCUT2D eigenvalue weighted by molar-refractivity contribution is 5.74. The summed E-state index contributed by atoms with van der Waals surface area (Å²) >= 11 is 0. The van der Waals surface area contributed by atoms with Crippen LogP contribution in [0.2, 0.25) is 0 Å². The second kappa shape index (κ2) is 6.30. The third-order valence-electron chi connectivity index (χ3n) is 6.57. The van der Waals surface area contributed by atoms with Crippen molar-refractivity contribution in [2.75, 3.05) is 6.73 Å². The highest BCUT2D eigenvalue weighted by atomic mass is 16.5. The molecular formula is C20H28N2O2. The van der Waals surface area contributed by atoms with E-state index < -0.39 is 0 Å². The van der Waals surface area contributed by atoms with E-state index in [4.69, 9.17) is 4.74 Å². The minimum absolute atomic E-state index is 0.117. The largest absolute Gasteiger partial charge is 0.473 e. The van der Waals surface area contributed by atoms with E-state index in [1.165, 1.54) is 38.5 Å². The molecule has 4 fully saturated rings. The fourth-order valence-electron chi connectivity index (χ4n) is 5.81. The standard InChI is InChI=1S/C20H28N2O2/c1-14(20-10-15-7-16(11-20)9-17(8-15)12-20)22-19(23)21-13-24-18-5-3-2-4-6-18/h2-6,14-17H,7-13H2,1H3,(H2,21,22,23). The van der Waals surface area contributed by atoms with Crippen LogP contribution >= 0.6 is 0 Å². The molecule has 0 heterocycles. The number of hydrogen-bond donors (Lipinski definition) is 2. The van der Waals surface area contributed by atoms with E-state index in [0.717, 1.165) is 23.5 Å². The topological polar surface area (TPSA) is 50.4 Å². The Labute approximate surface area is 144 Å². The first kappa shape index (κ1) is 15.8. The second-order valence-electron chi connectivity index (χ2n) is 8.25. The van der Waals surface area contributed by atoms with E-state index >= 15 is 0 Å². The van der Waals surface area contributed by atoms with E-state index in [9.17, 15) is 4.79 Å². The van der Waals surface area contributed by atoms with E-state index in [2.05, 4.69) is 17.6 Å². The number of carbonyl (C=O) groups excluding carboxylic acids is 1. The molecule has 4 saturated carbocycles. The van der Waals surface area contributed by atoms with Crippen LogP contribution in [0.4, 0.5) is 4.79 Å². The lowest BCUT2D eigenvalue weighted by Crippen LogP contribution is -2.57. The number of ether oxygens (including phenoxy) is 1. The van der Waals surface area contributed by atoms with Crippen LogP contribution in [0.5, 0.6) is 5.75 Å². The van der Waals surface area contributed by atoms with Crippen molar-refractivity contribution in [3.63, 3.8) is 0 Å². The SMILES string of the molecule is CC(NC(=O)NCOc1ccccc1)C12CC3CC(CC(C3)C1)C2. The van der Waals surface area contributed by atoms with Crippen molar-refractivity contribution in [2.24, 2.45) is 23.2 Å². The average Bonchev–Trinajstić information content (AvgIpc) is 2.54. The van der Waals surface area contributed by atoms with Gasteiger partial charge in [-0.05, 0) is 80.8 Å². The molecule has 4 aliphatic rings. The van der Waals surface area contributed by atoms with Gasteiger partial charge in [-0.3, -0.25) is 0 Å². The molecule has 5 rings (SSSR count). The molecular weight excluding hydrogens is 300 g/mol. The molecule has 4 nitrogen and oxygen atoms in total. The zero-order valence-electron chi connectivity index (χ0n) is 14.5. The number of benzene rings is 1. The smallest absolute Gasteiger partial charge is 0.317 e. The number of amides is 2. The molecule has 0 saturated heterocycles. The average molecular weight is 328 g/mol. The summed E-state index contributed by atoms with van der Waals surface area (Å²) in [5, 5.41) is 6.01. The Morgan fingerprint density at radius 3 is 2.29 bits per heavy atom. The fraction of sp³-hybridized carbons (Fsp3) is 0.650. The number of nitrogens with one attached hydrogen (secondary N) is 2. The van der Waals surface area contributed by atoms with Gasteiger partial charge in [0, 0.05) is 6.04 Å². The maximum absolute atomic E-state index is 12.2. The van der Waals surface area contributed by atoms with Gasteiger partial charge in [0.1, 0.15) is 5.75 Å². The van der Waals surface area contributed by atoms with Crippen molar-refractivity contribution in [1.29, 1.82) is 0 Å². The molecule has 130 valence electrons. The molecule has 0 aromatic heterocycles. The summed E-state index contributed by atoms with van der Waals surface area (Å²) in [6.07, 6.45) is 8.22. The van der Waals surface area contributed by atoms with Crippen molar-refractivity contribution in [3.8, 4) is 5.75 Å². The zero-order chi connectivity index (χ0) is 16.6. The van der Waals surface area contributed by atoms with Gasteiger partial charge in [-0.1, -0.05) is 18.2 Å². The molecule has 1 aromatic rings. The predicted octanol–water partition coefficient (Wildman–Crippen LogP) is 3.93. The number of hydrogen-bond acceptors (Lipinski definition) is 2. The minimum atomic E-state index is -0.117. The Morgan fingerprint density at radius 2 is 1.71 bits per heavy atom. The summed E-state index contributed by atoms with van der Waals surface area (Å²) in [5.41, 5.74) is 0.340. The fourth-order valence-corrected chi connectivity index (χ4v) is 5.81. The van der Waals surface area contributed by atoms with E-state index in [1.807, 2.05) is 30.3 Å². The molecule has 4 aliphatic carbocycles. The van der Waals surface area contributed by atoms with Gasteiger partial charge in [-0.25, -0.2) is 4.79 Å². The third-order valence-corrected chi connectivity index (χ3v) is 6.57. The molecule has 0 aliphatic heterocycles. The summed E-state index contributed by atoms with van der Waals surface area (Å²) in [6.45, 7) is 2.40. The van der Waals surface area contributed by atoms with Gasteiger partial charge in [0.15, 0.2) is 6.73 Å². The molecule has 24 heavy (non-hydrogen) atoms. The lowest BCUT2D eigenvalue weighted by atomic mass is 9.48. The van der Waals surface area contributed by atoms with Gasteiger partial charge < -0.3 is 15.4 Å². The van der Waals surface area contributed by atoms with Crippen LogP contribution in [0, 0.1) is 23.2 Å². The van der Waals surface area contributed by atoms with Crippen molar-refractivity contribution in [3.05, 3.63) is 30.3 Å². The van der Waals surface area contributed by atoms with Gasteiger partial charge in [0.05, 0.1) is 0 Å². The van der Waals surface area contributed by atoms with Crippen LogP contribution in [0.15, 0.2) is 30.3 Å². The van der Waals surface area contributed by atoms with Crippen LogP contribution in [-0.4, -0.2) is 18.8 Å². The summed E-state index contributed by atoms with van der Waals surface area (Å²) in [7, 11) is 0. The molecule has 4 bridgehead atoms. The molecule has 2 amide bonds. The Hall–Kier alpha value is -1.71.